The quantitative estimate of drug-likeness (QED) is 0.771. The average Bonchev–Trinajstić information content (AvgIpc) is 2.80. The smallest absolute Gasteiger partial charge is 0.341 e. The van der Waals surface area contributed by atoms with Crippen LogP contribution in [0, 0.1) is 0 Å². The van der Waals surface area contributed by atoms with Crippen LogP contribution in [0.2, 0.25) is 0 Å². The van der Waals surface area contributed by atoms with Crippen molar-refractivity contribution in [3.63, 3.8) is 0 Å². The Bertz CT molecular complexity index is 813. The zero-order valence-corrected chi connectivity index (χ0v) is 13.3. The van der Waals surface area contributed by atoms with Gasteiger partial charge in [0.2, 0.25) is 0 Å². The number of hydrogen-bond acceptors (Lipinski definition) is 4. The fraction of sp³-hybridized carbons (Fsp3) is 0.389. The molecule has 2 N–H and O–H groups in total. The summed E-state index contributed by atoms with van der Waals surface area (Å²) in [5.74, 6) is -1.69. The van der Waals surface area contributed by atoms with E-state index in [9.17, 15) is 19.5 Å². The lowest BCUT2D eigenvalue weighted by atomic mass is 9.75. The van der Waals surface area contributed by atoms with E-state index in [-0.39, 0.29) is 29.7 Å². The number of fused-ring (bicyclic) bond motifs is 4. The molecule has 1 aromatic carbocycles. The van der Waals surface area contributed by atoms with Gasteiger partial charge in [-0.15, -0.1) is 0 Å². The van der Waals surface area contributed by atoms with E-state index < -0.39 is 11.5 Å². The molecule has 6 nitrogen and oxygen atoms in total. The summed E-state index contributed by atoms with van der Waals surface area (Å²) in [4.78, 5) is 38.7. The highest BCUT2D eigenvalue weighted by molar-refractivity contribution is 6.18. The Labute approximate surface area is 139 Å². The van der Waals surface area contributed by atoms with Crippen LogP contribution in [0.3, 0.4) is 0 Å². The number of ketones is 1. The van der Waals surface area contributed by atoms with Gasteiger partial charge in [-0.1, -0.05) is 18.2 Å². The first-order chi connectivity index (χ1) is 11.5. The van der Waals surface area contributed by atoms with Gasteiger partial charge in [0.1, 0.15) is 11.1 Å². The van der Waals surface area contributed by atoms with Crippen LogP contribution in [-0.4, -0.2) is 33.7 Å². The zero-order chi connectivity index (χ0) is 17.1. The van der Waals surface area contributed by atoms with Gasteiger partial charge in [-0.2, -0.15) is 0 Å². The lowest BCUT2D eigenvalue weighted by molar-refractivity contribution is -0.139. The summed E-state index contributed by atoms with van der Waals surface area (Å²) in [5, 5.41) is 12.4. The van der Waals surface area contributed by atoms with Crippen molar-refractivity contribution in [2.45, 2.75) is 44.2 Å². The number of para-hydroxylation sites is 1. The Kier molecular flexibility index (Phi) is 3.07. The largest absolute Gasteiger partial charge is 0.477 e. The molecule has 0 aromatic heterocycles. The second-order valence-electron chi connectivity index (χ2n) is 6.67. The van der Waals surface area contributed by atoms with Crippen molar-refractivity contribution >= 4 is 23.3 Å². The third-order valence-electron chi connectivity index (χ3n) is 5.49. The molecule has 0 bridgehead atoms. The number of benzene rings is 1. The van der Waals surface area contributed by atoms with E-state index in [0.717, 1.165) is 24.1 Å². The van der Waals surface area contributed by atoms with Crippen molar-refractivity contribution in [3.8, 4) is 0 Å². The van der Waals surface area contributed by atoms with E-state index in [1.807, 2.05) is 29.2 Å². The molecule has 124 valence electrons. The summed E-state index contributed by atoms with van der Waals surface area (Å²) < 4.78 is 0. The Morgan fingerprint density at radius 2 is 2.08 bits per heavy atom. The SMILES string of the molecule is CC1=C(C(=O)O)C(=O)CC2CCCC3(C(=O)Nc4ccccc43)N12. The first kappa shape index (κ1) is 14.9. The molecule has 1 spiro atoms. The number of anilines is 1. The van der Waals surface area contributed by atoms with E-state index in [1.54, 1.807) is 6.92 Å². The average molecular weight is 326 g/mol. The van der Waals surface area contributed by atoms with Crippen molar-refractivity contribution in [2.75, 3.05) is 5.32 Å². The molecule has 1 aromatic rings. The van der Waals surface area contributed by atoms with E-state index in [2.05, 4.69) is 5.32 Å². The van der Waals surface area contributed by atoms with Crippen LogP contribution in [0.5, 0.6) is 0 Å². The number of carbonyl (C=O) groups excluding carboxylic acids is 2. The number of Topliss-reactive ketones (excluding diaryl/α,β-unsaturated/α-hetero) is 1. The Balaban J connectivity index is 1.96. The van der Waals surface area contributed by atoms with Crippen molar-refractivity contribution in [2.24, 2.45) is 0 Å². The lowest BCUT2D eigenvalue weighted by Crippen LogP contribution is -2.59. The second-order valence-corrected chi connectivity index (χ2v) is 6.67. The molecule has 3 heterocycles. The monoisotopic (exact) mass is 326 g/mol. The van der Waals surface area contributed by atoms with Gasteiger partial charge in [0.15, 0.2) is 5.78 Å². The van der Waals surface area contributed by atoms with Gasteiger partial charge < -0.3 is 15.3 Å². The number of nitrogens with one attached hydrogen (secondary N) is 1. The lowest BCUT2D eigenvalue weighted by Gasteiger charge is -2.52. The molecule has 1 amide bonds. The molecule has 0 radical (unpaired) electrons. The Morgan fingerprint density at radius 3 is 2.83 bits per heavy atom. The second kappa shape index (κ2) is 4.93. The molecule has 2 unspecified atom stereocenters. The van der Waals surface area contributed by atoms with Gasteiger partial charge in [0.25, 0.3) is 5.91 Å². The minimum atomic E-state index is -1.22. The van der Waals surface area contributed by atoms with Crippen LogP contribution in [0.1, 0.15) is 38.2 Å². The number of amides is 1. The number of piperidine rings is 1. The molecule has 1 saturated heterocycles. The number of hydrogen-bond donors (Lipinski definition) is 2. The molecule has 4 rings (SSSR count). The normalized spacial score (nSPS) is 28.7. The van der Waals surface area contributed by atoms with Gasteiger partial charge >= 0.3 is 5.97 Å². The maximum atomic E-state index is 13.0. The molecule has 24 heavy (non-hydrogen) atoms. The maximum Gasteiger partial charge on any atom is 0.341 e. The number of carbonyl (C=O) groups is 3. The van der Waals surface area contributed by atoms with Crippen LogP contribution < -0.4 is 5.32 Å². The van der Waals surface area contributed by atoms with E-state index >= 15 is 0 Å². The van der Waals surface area contributed by atoms with Crippen molar-refractivity contribution in [1.82, 2.24) is 4.90 Å². The first-order valence-corrected chi connectivity index (χ1v) is 8.14. The van der Waals surface area contributed by atoms with Crippen LogP contribution in [-0.2, 0) is 19.9 Å². The topological polar surface area (TPSA) is 86.7 Å². The van der Waals surface area contributed by atoms with E-state index in [4.69, 9.17) is 0 Å². The van der Waals surface area contributed by atoms with Gasteiger partial charge in [0, 0.05) is 29.4 Å². The predicted octanol–water partition coefficient (Wildman–Crippen LogP) is 2.02. The molecule has 1 fully saturated rings. The van der Waals surface area contributed by atoms with Crippen LogP contribution >= 0.6 is 0 Å². The minimum Gasteiger partial charge on any atom is -0.477 e. The number of rotatable bonds is 1. The third-order valence-corrected chi connectivity index (χ3v) is 5.49. The molecular formula is C18H18N2O4. The van der Waals surface area contributed by atoms with Gasteiger partial charge in [-0.25, -0.2) is 4.79 Å². The fourth-order valence-electron chi connectivity index (χ4n) is 4.61. The molecule has 3 aliphatic rings. The fourth-order valence-corrected chi connectivity index (χ4v) is 4.61. The molecule has 0 saturated carbocycles. The molecule has 3 aliphatic heterocycles. The van der Waals surface area contributed by atoms with Crippen molar-refractivity contribution < 1.29 is 19.5 Å². The van der Waals surface area contributed by atoms with Crippen molar-refractivity contribution in [1.29, 1.82) is 0 Å². The van der Waals surface area contributed by atoms with Gasteiger partial charge in [-0.3, -0.25) is 9.59 Å². The molecular weight excluding hydrogens is 308 g/mol. The number of carboxylic acids is 1. The highest BCUT2D eigenvalue weighted by Gasteiger charge is 2.56. The van der Waals surface area contributed by atoms with Crippen LogP contribution in [0.4, 0.5) is 5.69 Å². The summed E-state index contributed by atoms with van der Waals surface area (Å²) in [7, 11) is 0. The van der Waals surface area contributed by atoms with Gasteiger partial charge in [-0.05, 0) is 32.3 Å². The van der Waals surface area contributed by atoms with Crippen LogP contribution in [0.25, 0.3) is 0 Å². The first-order valence-electron chi connectivity index (χ1n) is 8.14. The molecule has 0 aliphatic carbocycles. The number of nitrogens with zero attached hydrogens (tertiary/aromatic N) is 1. The third kappa shape index (κ3) is 1.74. The summed E-state index contributed by atoms with van der Waals surface area (Å²) in [6, 6.07) is 7.39. The highest BCUT2D eigenvalue weighted by Crippen LogP contribution is 2.51. The minimum absolute atomic E-state index is 0.133. The standard InChI is InChI=1S/C18H18N2O4/c1-10-15(16(22)23)14(21)9-11-5-4-8-18(20(10)11)12-6-2-3-7-13(12)19-17(18)24/h2-3,6-7,11H,4-5,8-9H2,1H3,(H,19,24)(H,22,23). The maximum absolute atomic E-state index is 13.0. The summed E-state index contributed by atoms with van der Waals surface area (Å²) in [6.07, 6.45) is 2.38. The zero-order valence-electron chi connectivity index (χ0n) is 13.3. The number of carboxylic acid groups (broad SMARTS) is 1. The predicted molar refractivity (Wildman–Crippen MR) is 86.2 cm³/mol. The molecule has 6 heteroatoms. The van der Waals surface area contributed by atoms with E-state index in [1.165, 1.54) is 0 Å². The van der Waals surface area contributed by atoms with Crippen LogP contribution in [0.15, 0.2) is 35.5 Å². The summed E-state index contributed by atoms with van der Waals surface area (Å²) >= 11 is 0. The molecule has 2 atom stereocenters. The van der Waals surface area contributed by atoms with Gasteiger partial charge in [0.05, 0.1) is 0 Å². The van der Waals surface area contributed by atoms with Crippen molar-refractivity contribution in [3.05, 3.63) is 41.1 Å². The summed E-state index contributed by atoms with van der Waals surface area (Å²) in [5.41, 5.74) is 0.938. The Hall–Kier alpha value is -2.63. The highest BCUT2D eigenvalue weighted by atomic mass is 16.4. The Morgan fingerprint density at radius 1 is 1.33 bits per heavy atom. The van der Waals surface area contributed by atoms with E-state index in [0.29, 0.717) is 12.1 Å². The summed E-state index contributed by atoms with van der Waals surface area (Å²) in [6.45, 7) is 1.65. The number of aliphatic carboxylic acids is 1. The number of allylic oxidation sites excluding steroid dienone is 1.